The zero-order chi connectivity index (χ0) is 14.6. The zero-order valence-electron chi connectivity index (χ0n) is 12.2. The first-order valence-electron chi connectivity index (χ1n) is 6.82. The van der Waals surface area contributed by atoms with Gasteiger partial charge in [0.1, 0.15) is 12.1 Å². The molecule has 1 fully saturated rings. The Morgan fingerprint density at radius 3 is 2.53 bits per heavy atom. The van der Waals surface area contributed by atoms with Gasteiger partial charge in [0, 0.05) is 12.7 Å². The maximum atomic E-state index is 12.0. The van der Waals surface area contributed by atoms with Crippen molar-refractivity contribution in [3.63, 3.8) is 0 Å². The fourth-order valence-electron chi connectivity index (χ4n) is 3.02. The summed E-state index contributed by atoms with van der Waals surface area (Å²) in [6, 6.07) is -0.652. The van der Waals surface area contributed by atoms with Gasteiger partial charge in [-0.2, -0.15) is 12.6 Å². The van der Waals surface area contributed by atoms with Crippen LogP contribution in [0.1, 0.15) is 47.0 Å². The van der Waals surface area contributed by atoms with Crippen LogP contribution in [0.4, 0.5) is 0 Å². The molecule has 0 heterocycles. The molecule has 1 aliphatic rings. The molecule has 1 aliphatic carbocycles. The first kappa shape index (κ1) is 16.3. The lowest BCUT2D eigenvalue weighted by molar-refractivity contribution is -0.156. The van der Waals surface area contributed by atoms with E-state index in [-0.39, 0.29) is 29.1 Å². The zero-order valence-corrected chi connectivity index (χ0v) is 13.1. The molecule has 1 amide bonds. The molecule has 5 heteroatoms. The smallest absolute Gasteiger partial charge is 0.329 e. The van der Waals surface area contributed by atoms with Gasteiger partial charge in [-0.3, -0.25) is 4.79 Å². The molecular formula is C14H25NO3S. The van der Waals surface area contributed by atoms with E-state index < -0.39 is 6.04 Å². The second-order valence-corrected chi connectivity index (χ2v) is 6.77. The minimum absolute atomic E-state index is 0.0533. The first-order valence-corrected chi connectivity index (χ1v) is 7.45. The van der Waals surface area contributed by atoms with Crippen molar-refractivity contribution < 1.29 is 14.3 Å². The highest BCUT2D eigenvalue weighted by atomic mass is 32.1. The number of ether oxygens (including phenoxy) is 1. The molecule has 0 saturated heterocycles. The van der Waals surface area contributed by atoms with Gasteiger partial charge >= 0.3 is 5.97 Å². The second kappa shape index (κ2) is 6.64. The third kappa shape index (κ3) is 5.43. The lowest BCUT2D eigenvalue weighted by Crippen LogP contribution is -2.44. The van der Waals surface area contributed by atoms with Crippen LogP contribution in [0.25, 0.3) is 0 Å². The Hall–Kier alpha value is -0.710. The molecule has 0 bridgehead atoms. The van der Waals surface area contributed by atoms with E-state index in [0.717, 1.165) is 19.3 Å². The van der Waals surface area contributed by atoms with E-state index in [4.69, 9.17) is 4.74 Å². The van der Waals surface area contributed by atoms with Crippen LogP contribution < -0.4 is 5.32 Å². The third-order valence-electron chi connectivity index (χ3n) is 3.47. The van der Waals surface area contributed by atoms with Crippen molar-refractivity contribution in [3.05, 3.63) is 0 Å². The number of hydrogen-bond acceptors (Lipinski definition) is 4. The van der Waals surface area contributed by atoms with Crippen molar-refractivity contribution in [2.45, 2.75) is 59.1 Å². The van der Waals surface area contributed by atoms with Crippen LogP contribution in [0.5, 0.6) is 0 Å². The van der Waals surface area contributed by atoms with Crippen LogP contribution >= 0.6 is 12.6 Å². The standard InChI is InChI=1S/C14H25NO3S/c1-9-5-11(7-14(3,4)6-9)18-13(17)12(8-19)15-10(2)16/h9,11-12,19H,5-8H2,1-4H3,(H,15,16). The number of carbonyl (C=O) groups is 2. The van der Waals surface area contributed by atoms with E-state index in [0.29, 0.717) is 5.92 Å². The summed E-state index contributed by atoms with van der Waals surface area (Å²) in [6.07, 6.45) is 2.88. The van der Waals surface area contributed by atoms with E-state index in [2.05, 4.69) is 38.7 Å². The van der Waals surface area contributed by atoms with Gasteiger partial charge in [0.15, 0.2) is 0 Å². The molecule has 3 unspecified atom stereocenters. The molecule has 19 heavy (non-hydrogen) atoms. The van der Waals surface area contributed by atoms with E-state index in [1.165, 1.54) is 6.92 Å². The molecule has 0 aromatic carbocycles. The van der Waals surface area contributed by atoms with Crippen LogP contribution in [-0.4, -0.2) is 29.8 Å². The van der Waals surface area contributed by atoms with Crippen molar-refractivity contribution in [2.24, 2.45) is 11.3 Å². The molecule has 3 atom stereocenters. The van der Waals surface area contributed by atoms with Crippen LogP contribution in [0.2, 0.25) is 0 Å². The Labute approximate surface area is 121 Å². The molecular weight excluding hydrogens is 262 g/mol. The molecule has 0 aliphatic heterocycles. The number of carbonyl (C=O) groups excluding carboxylic acids is 2. The van der Waals surface area contributed by atoms with E-state index >= 15 is 0 Å². The molecule has 1 rings (SSSR count). The fraction of sp³-hybridized carbons (Fsp3) is 0.857. The van der Waals surface area contributed by atoms with Crippen molar-refractivity contribution in [1.29, 1.82) is 0 Å². The lowest BCUT2D eigenvalue weighted by atomic mass is 9.71. The Morgan fingerprint density at radius 2 is 2.05 bits per heavy atom. The third-order valence-corrected chi connectivity index (χ3v) is 3.84. The summed E-state index contributed by atoms with van der Waals surface area (Å²) >= 11 is 4.08. The highest BCUT2D eigenvalue weighted by Crippen LogP contribution is 2.39. The predicted molar refractivity (Wildman–Crippen MR) is 78.1 cm³/mol. The number of thiol groups is 1. The minimum atomic E-state index is -0.652. The molecule has 0 spiro atoms. The Balaban J connectivity index is 2.57. The summed E-state index contributed by atoms with van der Waals surface area (Å²) in [5.41, 5.74) is 0.201. The fourth-order valence-corrected chi connectivity index (χ4v) is 3.26. The molecule has 1 N–H and O–H groups in total. The Bertz CT molecular complexity index is 344. The lowest BCUT2D eigenvalue weighted by Gasteiger charge is -2.38. The van der Waals surface area contributed by atoms with Crippen molar-refractivity contribution >= 4 is 24.5 Å². The van der Waals surface area contributed by atoms with Gasteiger partial charge in [-0.05, 0) is 30.6 Å². The molecule has 1 saturated carbocycles. The largest absolute Gasteiger partial charge is 0.461 e. The highest BCUT2D eigenvalue weighted by molar-refractivity contribution is 7.80. The Morgan fingerprint density at radius 1 is 1.42 bits per heavy atom. The average Bonchev–Trinajstić information content (AvgIpc) is 2.22. The van der Waals surface area contributed by atoms with Crippen molar-refractivity contribution in [1.82, 2.24) is 5.32 Å². The summed E-state index contributed by atoms with van der Waals surface area (Å²) in [5, 5.41) is 2.56. The molecule has 4 nitrogen and oxygen atoms in total. The number of nitrogens with one attached hydrogen (secondary N) is 1. The summed E-state index contributed by atoms with van der Waals surface area (Å²) in [5.74, 6) is 0.189. The van der Waals surface area contributed by atoms with Gasteiger partial charge in [0.2, 0.25) is 5.91 Å². The molecule has 110 valence electrons. The van der Waals surface area contributed by atoms with Gasteiger partial charge in [0.25, 0.3) is 0 Å². The molecule has 0 aromatic rings. The summed E-state index contributed by atoms with van der Waals surface area (Å²) in [4.78, 5) is 23.0. The van der Waals surface area contributed by atoms with Crippen LogP contribution in [0.15, 0.2) is 0 Å². The predicted octanol–water partition coefficient (Wildman–Crippen LogP) is 2.18. The maximum Gasteiger partial charge on any atom is 0.329 e. The topological polar surface area (TPSA) is 55.4 Å². The normalized spacial score (nSPS) is 27.4. The molecule has 0 radical (unpaired) electrons. The Kier molecular flexibility index (Phi) is 5.71. The van der Waals surface area contributed by atoms with Gasteiger partial charge in [-0.1, -0.05) is 20.8 Å². The summed E-state index contributed by atoms with van der Waals surface area (Å²) in [7, 11) is 0. The van der Waals surface area contributed by atoms with Gasteiger partial charge in [-0.15, -0.1) is 0 Å². The quantitative estimate of drug-likeness (QED) is 0.615. The minimum Gasteiger partial charge on any atom is -0.461 e. The summed E-state index contributed by atoms with van der Waals surface area (Å²) < 4.78 is 5.55. The summed E-state index contributed by atoms with van der Waals surface area (Å²) in [6.45, 7) is 7.97. The number of esters is 1. The van der Waals surface area contributed by atoms with Gasteiger partial charge < -0.3 is 10.1 Å². The first-order chi connectivity index (χ1) is 8.73. The SMILES string of the molecule is CC(=O)NC(CS)C(=O)OC1CC(C)CC(C)(C)C1. The van der Waals surface area contributed by atoms with Gasteiger partial charge in [-0.25, -0.2) is 4.79 Å². The average molecular weight is 287 g/mol. The van der Waals surface area contributed by atoms with Crippen LogP contribution in [0.3, 0.4) is 0 Å². The van der Waals surface area contributed by atoms with Crippen LogP contribution in [-0.2, 0) is 14.3 Å². The van der Waals surface area contributed by atoms with Gasteiger partial charge in [0.05, 0.1) is 0 Å². The number of rotatable bonds is 4. The van der Waals surface area contributed by atoms with Crippen molar-refractivity contribution in [2.75, 3.05) is 5.75 Å². The van der Waals surface area contributed by atoms with Crippen LogP contribution in [0, 0.1) is 11.3 Å². The highest BCUT2D eigenvalue weighted by Gasteiger charge is 2.35. The second-order valence-electron chi connectivity index (χ2n) is 6.41. The monoisotopic (exact) mass is 287 g/mol. The van der Waals surface area contributed by atoms with Crippen molar-refractivity contribution in [3.8, 4) is 0 Å². The van der Waals surface area contributed by atoms with E-state index in [9.17, 15) is 9.59 Å². The number of hydrogen-bond donors (Lipinski definition) is 2. The van der Waals surface area contributed by atoms with E-state index in [1.54, 1.807) is 0 Å². The van der Waals surface area contributed by atoms with E-state index in [1.807, 2.05) is 0 Å². The number of amides is 1. The molecule has 0 aromatic heterocycles. The maximum absolute atomic E-state index is 12.0.